The summed E-state index contributed by atoms with van der Waals surface area (Å²) < 4.78 is 10.5. The number of nitrogens with zero attached hydrogens (tertiary/aromatic N) is 3. The van der Waals surface area contributed by atoms with Crippen LogP contribution in [0.1, 0.15) is 51.4 Å². The molecule has 122 valence electrons. The summed E-state index contributed by atoms with van der Waals surface area (Å²) in [5.74, 6) is 0.746. The van der Waals surface area contributed by atoms with Gasteiger partial charge in [-0.25, -0.2) is 0 Å². The zero-order valence-corrected chi connectivity index (χ0v) is 13.9. The molecule has 0 aliphatic rings. The topological polar surface area (TPSA) is 94.5 Å². The lowest BCUT2D eigenvalue weighted by Crippen LogP contribution is -2.41. The minimum absolute atomic E-state index is 0. The largest absolute Gasteiger partial charge is 0.371 e. The van der Waals surface area contributed by atoms with Gasteiger partial charge < -0.3 is 19.9 Å². The molecule has 0 bridgehead atoms. The number of hydrogen-bond donors (Lipinski definition) is 1. The molecule has 8 heteroatoms. The second-order valence-electron chi connectivity index (χ2n) is 4.73. The summed E-state index contributed by atoms with van der Waals surface area (Å²) in [5.41, 5.74) is 5.80. The molecule has 1 aromatic heterocycles. The van der Waals surface area contributed by atoms with Gasteiger partial charge in [-0.2, -0.15) is 4.98 Å². The van der Waals surface area contributed by atoms with E-state index in [1.165, 1.54) is 4.90 Å². The number of amides is 1. The normalized spacial score (nSPS) is 13.4. The van der Waals surface area contributed by atoms with Crippen molar-refractivity contribution in [2.45, 2.75) is 52.3 Å². The fraction of sp³-hybridized carbons (Fsp3) is 0.769. The van der Waals surface area contributed by atoms with Crippen molar-refractivity contribution >= 4 is 18.3 Å². The van der Waals surface area contributed by atoms with E-state index in [0.717, 1.165) is 6.42 Å². The van der Waals surface area contributed by atoms with Crippen LogP contribution in [0.4, 0.5) is 0 Å². The van der Waals surface area contributed by atoms with Crippen LogP contribution in [0.3, 0.4) is 0 Å². The molecule has 1 aromatic rings. The quantitative estimate of drug-likeness (QED) is 0.783. The maximum atomic E-state index is 12.0. The summed E-state index contributed by atoms with van der Waals surface area (Å²) in [7, 11) is 1.67. The second-order valence-corrected chi connectivity index (χ2v) is 4.73. The molecule has 2 N–H and O–H groups in total. The van der Waals surface area contributed by atoms with Crippen molar-refractivity contribution in [2.24, 2.45) is 5.73 Å². The average Bonchev–Trinajstić information content (AvgIpc) is 2.87. The zero-order valence-electron chi connectivity index (χ0n) is 13.0. The first-order valence-electron chi connectivity index (χ1n) is 6.94. The zero-order chi connectivity index (χ0) is 15.1. The van der Waals surface area contributed by atoms with Crippen molar-refractivity contribution in [2.75, 3.05) is 13.7 Å². The Hall–Kier alpha value is -1.18. The molecule has 2 atom stereocenters. The van der Waals surface area contributed by atoms with E-state index in [-0.39, 0.29) is 31.0 Å². The number of nitrogens with two attached hydrogens (primary N) is 1. The third-order valence-corrected chi connectivity index (χ3v) is 2.93. The Morgan fingerprint density at radius 1 is 1.48 bits per heavy atom. The summed E-state index contributed by atoms with van der Waals surface area (Å²) in [6, 6.07) is -0.477. The Morgan fingerprint density at radius 3 is 2.71 bits per heavy atom. The number of halogens is 1. The molecule has 0 fully saturated rings. The average molecular weight is 321 g/mol. The summed E-state index contributed by atoms with van der Waals surface area (Å²) in [6.45, 7) is 6.58. The fourth-order valence-electron chi connectivity index (χ4n) is 1.82. The number of rotatable bonds is 8. The Labute approximate surface area is 131 Å². The third-order valence-electron chi connectivity index (χ3n) is 2.93. The van der Waals surface area contributed by atoms with Gasteiger partial charge in [0.25, 0.3) is 0 Å². The molecular formula is C13H25ClN4O3. The highest BCUT2D eigenvalue weighted by atomic mass is 35.5. The lowest BCUT2D eigenvalue weighted by molar-refractivity contribution is -0.132. The number of ether oxygens (including phenoxy) is 1. The van der Waals surface area contributed by atoms with E-state index in [9.17, 15) is 4.79 Å². The van der Waals surface area contributed by atoms with Gasteiger partial charge >= 0.3 is 0 Å². The van der Waals surface area contributed by atoms with Crippen molar-refractivity contribution in [3.8, 4) is 0 Å². The number of carbonyl (C=O) groups is 1. The van der Waals surface area contributed by atoms with Gasteiger partial charge in [0.2, 0.25) is 11.8 Å². The molecular weight excluding hydrogens is 296 g/mol. The number of aromatic nitrogens is 2. The lowest BCUT2D eigenvalue weighted by Gasteiger charge is -2.19. The predicted molar refractivity (Wildman–Crippen MR) is 80.9 cm³/mol. The molecule has 0 aromatic carbocycles. The van der Waals surface area contributed by atoms with Crippen molar-refractivity contribution in [1.29, 1.82) is 0 Å². The summed E-state index contributed by atoms with van der Waals surface area (Å²) in [5, 5.41) is 3.85. The molecule has 21 heavy (non-hydrogen) atoms. The van der Waals surface area contributed by atoms with E-state index in [1.807, 2.05) is 20.8 Å². The van der Waals surface area contributed by atoms with E-state index in [0.29, 0.717) is 24.7 Å². The highest BCUT2D eigenvalue weighted by Crippen LogP contribution is 2.13. The van der Waals surface area contributed by atoms with Crippen LogP contribution in [-0.2, 0) is 16.1 Å². The molecule has 1 rings (SSSR count). The van der Waals surface area contributed by atoms with Crippen molar-refractivity contribution in [3.05, 3.63) is 11.7 Å². The van der Waals surface area contributed by atoms with E-state index in [1.54, 1.807) is 7.05 Å². The van der Waals surface area contributed by atoms with Crippen LogP contribution in [-0.4, -0.2) is 40.6 Å². The summed E-state index contributed by atoms with van der Waals surface area (Å²) in [4.78, 5) is 17.7. The van der Waals surface area contributed by atoms with E-state index in [4.69, 9.17) is 15.0 Å². The van der Waals surface area contributed by atoms with Crippen molar-refractivity contribution in [3.63, 3.8) is 0 Å². The maximum Gasteiger partial charge on any atom is 0.246 e. The SMILES string of the molecule is CCCC(N)C(=O)N(C)Cc1nc(C(C)OCC)no1.Cl. The van der Waals surface area contributed by atoms with E-state index in [2.05, 4.69) is 10.1 Å². The van der Waals surface area contributed by atoms with Crippen LogP contribution in [0.25, 0.3) is 0 Å². The van der Waals surface area contributed by atoms with Crippen LogP contribution in [0.2, 0.25) is 0 Å². The Bertz CT molecular complexity index is 427. The highest BCUT2D eigenvalue weighted by molar-refractivity contribution is 5.85. The minimum atomic E-state index is -0.477. The molecule has 0 spiro atoms. The fourth-order valence-corrected chi connectivity index (χ4v) is 1.82. The van der Waals surface area contributed by atoms with Gasteiger partial charge in [-0.1, -0.05) is 18.5 Å². The Kier molecular flexibility index (Phi) is 9.16. The minimum Gasteiger partial charge on any atom is -0.371 e. The predicted octanol–water partition coefficient (Wildman–Crippen LogP) is 1.67. The van der Waals surface area contributed by atoms with Gasteiger partial charge in [0.15, 0.2) is 5.82 Å². The maximum absolute atomic E-state index is 12.0. The lowest BCUT2D eigenvalue weighted by atomic mass is 10.1. The van der Waals surface area contributed by atoms with Gasteiger partial charge in [0.05, 0.1) is 12.6 Å². The molecule has 1 amide bonds. The summed E-state index contributed by atoms with van der Waals surface area (Å²) >= 11 is 0. The molecule has 0 aliphatic heterocycles. The second kappa shape index (κ2) is 9.70. The van der Waals surface area contributed by atoms with Crippen molar-refractivity contribution in [1.82, 2.24) is 15.0 Å². The van der Waals surface area contributed by atoms with E-state index < -0.39 is 6.04 Å². The first-order valence-corrected chi connectivity index (χ1v) is 6.94. The Balaban J connectivity index is 0.00000400. The smallest absolute Gasteiger partial charge is 0.246 e. The van der Waals surface area contributed by atoms with Gasteiger partial charge in [0, 0.05) is 13.7 Å². The number of likely N-dealkylation sites (N-methyl/N-ethyl adjacent to an activating group) is 1. The molecule has 2 unspecified atom stereocenters. The summed E-state index contributed by atoms with van der Waals surface area (Å²) in [6.07, 6.45) is 1.32. The number of carbonyl (C=O) groups excluding carboxylic acids is 1. The first-order chi connectivity index (χ1) is 9.49. The molecule has 0 aliphatic carbocycles. The first kappa shape index (κ1) is 19.8. The van der Waals surface area contributed by atoms with Gasteiger partial charge in [0.1, 0.15) is 6.10 Å². The standard InChI is InChI=1S/C13H24N4O3.ClH/c1-5-7-10(14)13(18)17(4)8-11-15-12(16-20-11)9(3)19-6-2;/h9-10H,5-8,14H2,1-4H3;1H. The van der Waals surface area contributed by atoms with Gasteiger partial charge in [-0.3, -0.25) is 4.79 Å². The van der Waals surface area contributed by atoms with Crippen molar-refractivity contribution < 1.29 is 14.1 Å². The molecule has 0 saturated heterocycles. The van der Waals surface area contributed by atoms with Crippen LogP contribution >= 0.6 is 12.4 Å². The molecule has 0 radical (unpaired) electrons. The van der Waals surface area contributed by atoms with E-state index >= 15 is 0 Å². The molecule has 1 heterocycles. The van der Waals surface area contributed by atoms with Gasteiger partial charge in [-0.15, -0.1) is 12.4 Å². The van der Waals surface area contributed by atoms with Crippen LogP contribution in [0.15, 0.2) is 4.52 Å². The van der Waals surface area contributed by atoms with Crippen LogP contribution in [0.5, 0.6) is 0 Å². The van der Waals surface area contributed by atoms with Crippen LogP contribution < -0.4 is 5.73 Å². The van der Waals surface area contributed by atoms with Crippen LogP contribution in [0, 0.1) is 0 Å². The third kappa shape index (κ3) is 5.99. The molecule has 0 saturated carbocycles. The van der Waals surface area contributed by atoms with Gasteiger partial charge in [-0.05, 0) is 20.3 Å². The number of hydrogen-bond acceptors (Lipinski definition) is 6. The monoisotopic (exact) mass is 320 g/mol. The molecule has 7 nitrogen and oxygen atoms in total. The highest BCUT2D eigenvalue weighted by Gasteiger charge is 2.20. The Morgan fingerprint density at radius 2 is 2.14 bits per heavy atom.